The molecule has 0 heterocycles. The van der Waals surface area contributed by atoms with E-state index in [1.807, 2.05) is 42.3 Å². The summed E-state index contributed by atoms with van der Waals surface area (Å²) < 4.78 is 0. The summed E-state index contributed by atoms with van der Waals surface area (Å²) in [6.45, 7) is 0.360. The Labute approximate surface area is 123 Å². The molecule has 0 radical (unpaired) electrons. The Kier molecular flexibility index (Phi) is 5.03. The van der Waals surface area contributed by atoms with Crippen LogP contribution in [-0.4, -0.2) is 28.6 Å². The van der Waals surface area contributed by atoms with Gasteiger partial charge >= 0.3 is 0 Å². The van der Waals surface area contributed by atoms with Crippen molar-refractivity contribution in [1.82, 2.24) is 4.90 Å². The van der Waals surface area contributed by atoms with E-state index in [9.17, 15) is 15.2 Å². The van der Waals surface area contributed by atoms with E-state index in [2.05, 4.69) is 0 Å². The smallest absolute Gasteiger partial charge is 0.273 e. The lowest BCUT2D eigenvalue weighted by atomic mass is 10.1. The van der Waals surface area contributed by atoms with E-state index in [0.29, 0.717) is 12.1 Å². The van der Waals surface area contributed by atoms with Crippen LogP contribution in [0.25, 0.3) is 0 Å². The molecule has 1 N–H and O–H groups in total. The number of likely N-dealkylation sites (N-methyl/N-ethyl adjacent to an activating group) is 1. The molecule has 0 aliphatic heterocycles. The molecule has 0 bridgehead atoms. The first-order valence-corrected chi connectivity index (χ1v) is 6.72. The summed E-state index contributed by atoms with van der Waals surface area (Å²) in [5.74, 6) is 0. The predicted octanol–water partition coefficient (Wildman–Crippen LogP) is 2.76. The number of aliphatic hydroxyl groups excluding tert-OH is 1. The van der Waals surface area contributed by atoms with Crippen LogP contribution < -0.4 is 0 Å². The van der Waals surface area contributed by atoms with Crippen molar-refractivity contribution < 1.29 is 10.0 Å². The molecule has 2 aromatic carbocycles. The fourth-order valence-electron chi connectivity index (χ4n) is 2.38. The van der Waals surface area contributed by atoms with Gasteiger partial charge in [0.15, 0.2) is 0 Å². The second-order valence-corrected chi connectivity index (χ2v) is 4.91. The highest BCUT2D eigenvalue weighted by atomic mass is 16.6. The van der Waals surface area contributed by atoms with Gasteiger partial charge in [0.05, 0.1) is 17.6 Å². The topological polar surface area (TPSA) is 66.6 Å². The molecule has 5 nitrogen and oxygen atoms in total. The highest BCUT2D eigenvalue weighted by Gasteiger charge is 2.20. The maximum absolute atomic E-state index is 11.1. The Bertz CT molecular complexity index is 601. The molecule has 2 aromatic rings. The van der Waals surface area contributed by atoms with E-state index in [1.54, 1.807) is 18.2 Å². The molecule has 0 amide bonds. The fraction of sp³-hybridized carbons (Fsp3) is 0.250. The van der Waals surface area contributed by atoms with Gasteiger partial charge in [-0.1, -0.05) is 48.5 Å². The van der Waals surface area contributed by atoms with E-state index in [-0.39, 0.29) is 23.3 Å². The maximum atomic E-state index is 11.1. The molecule has 0 aliphatic carbocycles. The van der Waals surface area contributed by atoms with Crippen molar-refractivity contribution in [3.05, 3.63) is 75.8 Å². The van der Waals surface area contributed by atoms with Gasteiger partial charge in [0.25, 0.3) is 5.69 Å². The second kappa shape index (κ2) is 6.97. The molecule has 21 heavy (non-hydrogen) atoms. The molecule has 0 saturated heterocycles. The monoisotopic (exact) mass is 286 g/mol. The number of nitro groups is 1. The van der Waals surface area contributed by atoms with Gasteiger partial charge in [-0.25, -0.2) is 0 Å². The molecule has 0 saturated carbocycles. The highest BCUT2D eigenvalue weighted by molar-refractivity contribution is 5.39. The average molecular weight is 286 g/mol. The number of nitro benzene ring substituents is 1. The third kappa shape index (κ3) is 3.65. The summed E-state index contributed by atoms with van der Waals surface area (Å²) in [6, 6.07) is 16.1. The molecule has 0 spiro atoms. The zero-order valence-electron chi connectivity index (χ0n) is 11.8. The summed E-state index contributed by atoms with van der Waals surface area (Å²) in [5, 5.41) is 20.7. The lowest BCUT2D eigenvalue weighted by Gasteiger charge is -2.26. The highest BCUT2D eigenvalue weighted by Crippen LogP contribution is 2.24. The number of hydrogen-bond acceptors (Lipinski definition) is 4. The normalized spacial score (nSPS) is 12.3. The van der Waals surface area contributed by atoms with Gasteiger partial charge in [0.2, 0.25) is 0 Å². The van der Waals surface area contributed by atoms with Crippen molar-refractivity contribution in [2.75, 3.05) is 13.7 Å². The quantitative estimate of drug-likeness (QED) is 0.655. The van der Waals surface area contributed by atoms with Gasteiger partial charge in [-0.3, -0.25) is 15.0 Å². The minimum absolute atomic E-state index is 0.0405. The number of para-hydroxylation sites is 1. The summed E-state index contributed by atoms with van der Waals surface area (Å²) in [4.78, 5) is 12.6. The van der Waals surface area contributed by atoms with Crippen LogP contribution in [0.3, 0.4) is 0 Å². The van der Waals surface area contributed by atoms with Gasteiger partial charge in [-0.2, -0.15) is 0 Å². The van der Waals surface area contributed by atoms with Crippen LogP contribution in [0.4, 0.5) is 5.69 Å². The van der Waals surface area contributed by atoms with E-state index in [4.69, 9.17) is 0 Å². The predicted molar refractivity (Wildman–Crippen MR) is 80.8 cm³/mol. The number of rotatable bonds is 6. The first-order valence-electron chi connectivity index (χ1n) is 6.72. The first kappa shape index (κ1) is 15.2. The zero-order chi connectivity index (χ0) is 15.2. The maximum Gasteiger partial charge on any atom is 0.273 e. The lowest BCUT2D eigenvalue weighted by molar-refractivity contribution is -0.385. The van der Waals surface area contributed by atoms with Crippen LogP contribution in [0.1, 0.15) is 17.2 Å². The first-order chi connectivity index (χ1) is 10.1. The standard InChI is InChI=1S/C16H18N2O3/c1-17(16(12-19)13-7-3-2-4-8-13)11-14-9-5-6-10-15(14)18(20)21/h2-10,16,19H,11-12H2,1H3/t16-/m1/s1. The molecule has 1 atom stereocenters. The number of hydrogen-bond donors (Lipinski definition) is 1. The van der Waals surface area contributed by atoms with Crippen molar-refractivity contribution in [2.24, 2.45) is 0 Å². The summed E-state index contributed by atoms with van der Waals surface area (Å²) in [5.41, 5.74) is 1.73. The number of benzene rings is 2. The average Bonchev–Trinajstić information content (AvgIpc) is 2.49. The van der Waals surface area contributed by atoms with E-state index in [0.717, 1.165) is 5.56 Å². The van der Waals surface area contributed by atoms with Crippen LogP contribution in [0.2, 0.25) is 0 Å². The van der Waals surface area contributed by atoms with Crippen molar-refractivity contribution in [3.63, 3.8) is 0 Å². The SMILES string of the molecule is CN(Cc1ccccc1[N+](=O)[O-])[C@H](CO)c1ccccc1. The summed E-state index contributed by atoms with van der Waals surface area (Å²) in [7, 11) is 1.85. The van der Waals surface area contributed by atoms with Crippen LogP contribution >= 0.6 is 0 Å². The summed E-state index contributed by atoms with van der Waals surface area (Å²) in [6.07, 6.45) is 0. The molecule has 0 aliphatic rings. The Morgan fingerprint density at radius 1 is 1.14 bits per heavy atom. The minimum atomic E-state index is -0.375. The van der Waals surface area contributed by atoms with E-state index in [1.165, 1.54) is 6.07 Å². The van der Waals surface area contributed by atoms with Crippen molar-refractivity contribution in [3.8, 4) is 0 Å². The Morgan fingerprint density at radius 2 is 1.76 bits per heavy atom. The molecule has 110 valence electrons. The van der Waals surface area contributed by atoms with Gasteiger partial charge in [0.1, 0.15) is 0 Å². The van der Waals surface area contributed by atoms with Gasteiger partial charge < -0.3 is 5.11 Å². The lowest BCUT2D eigenvalue weighted by Crippen LogP contribution is -2.27. The Morgan fingerprint density at radius 3 is 2.38 bits per heavy atom. The minimum Gasteiger partial charge on any atom is -0.394 e. The number of nitrogens with zero attached hydrogens (tertiary/aromatic N) is 2. The molecular formula is C16H18N2O3. The fourth-order valence-corrected chi connectivity index (χ4v) is 2.38. The third-order valence-corrected chi connectivity index (χ3v) is 3.50. The van der Waals surface area contributed by atoms with Gasteiger partial charge in [0, 0.05) is 18.2 Å². The largest absolute Gasteiger partial charge is 0.394 e. The number of aliphatic hydroxyl groups is 1. The van der Waals surface area contributed by atoms with Crippen LogP contribution in [0, 0.1) is 10.1 Å². The molecular weight excluding hydrogens is 268 g/mol. The van der Waals surface area contributed by atoms with Crippen LogP contribution in [0.15, 0.2) is 54.6 Å². The zero-order valence-corrected chi connectivity index (χ0v) is 11.8. The van der Waals surface area contributed by atoms with E-state index >= 15 is 0 Å². The molecule has 0 fully saturated rings. The van der Waals surface area contributed by atoms with Crippen LogP contribution in [-0.2, 0) is 6.54 Å². The Hall–Kier alpha value is -2.24. The second-order valence-electron chi connectivity index (χ2n) is 4.91. The van der Waals surface area contributed by atoms with Crippen LogP contribution in [0.5, 0.6) is 0 Å². The Balaban J connectivity index is 2.21. The molecule has 0 unspecified atom stereocenters. The molecule has 5 heteroatoms. The third-order valence-electron chi connectivity index (χ3n) is 3.50. The van der Waals surface area contributed by atoms with Crippen molar-refractivity contribution >= 4 is 5.69 Å². The molecule has 0 aromatic heterocycles. The van der Waals surface area contributed by atoms with E-state index < -0.39 is 0 Å². The van der Waals surface area contributed by atoms with Gasteiger partial charge in [-0.05, 0) is 12.6 Å². The molecule has 2 rings (SSSR count). The van der Waals surface area contributed by atoms with Crippen molar-refractivity contribution in [1.29, 1.82) is 0 Å². The van der Waals surface area contributed by atoms with Crippen molar-refractivity contribution in [2.45, 2.75) is 12.6 Å². The summed E-state index contributed by atoms with van der Waals surface area (Å²) >= 11 is 0. The van der Waals surface area contributed by atoms with Gasteiger partial charge in [-0.15, -0.1) is 0 Å².